The maximum absolute atomic E-state index is 6.56. The second kappa shape index (κ2) is 12.9. The standard InChI is InChI=1S/C55H47BN3O/c1-32-26-46(33-14-10-9-11-15-33)58(8)47-30-49-44(29-40(32)47)56-52-38(41-27-35(55(5,6)7)20-25-45(41)57-36-21-18-34(19-22-36)54(2,3)4)23-24-39-42-28-43-37-16-12-13-17-50(37)60-51(43)31-48(42)59(49)53(39)52/h9-31,57H,1H2,2-8H3. The van der Waals surface area contributed by atoms with Crippen LogP contribution in [-0.2, 0) is 10.8 Å². The van der Waals surface area contributed by atoms with Crippen LogP contribution < -0.4 is 21.1 Å². The van der Waals surface area contributed by atoms with Gasteiger partial charge in [-0.15, -0.1) is 0 Å². The van der Waals surface area contributed by atoms with Crippen LogP contribution >= 0.6 is 0 Å². The minimum atomic E-state index is -0.0391. The molecule has 0 amide bonds. The van der Waals surface area contributed by atoms with Gasteiger partial charge in [0, 0.05) is 74.1 Å². The highest BCUT2D eigenvalue weighted by Crippen LogP contribution is 2.44. The van der Waals surface area contributed by atoms with Crippen molar-refractivity contribution in [1.82, 2.24) is 4.57 Å². The summed E-state index contributed by atoms with van der Waals surface area (Å²) in [5.41, 5.74) is 20.3. The average Bonchev–Trinajstić information content (AvgIpc) is 3.76. The molecule has 4 heterocycles. The molecule has 0 atom stereocenters. The van der Waals surface area contributed by atoms with Gasteiger partial charge in [-0.2, -0.15) is 0 Å². The molecule has 1 radical (unpaired) electrons. The molecule has 0 aliphatic carbocycles. The van der Waals surface area contributed by atoms with Gasteiger partial charge in [0.05, 0.1) is 11.2 Å². The maximum Gasteiger partial charge on any atom is 0.197 e. The van der Waals surface area contributed by atoms with E-state index in [2.05, 4.69) is 211 Å². The van der Waals surface area contributed by atoms with Gasteiger partial charge in [0.2, 0.25) is 0 Å². The predicted octanol–water partition coefficient (Wildman–Crippen LogP) is 13.2. The van der Waals surface area contributed by atoms with Gasteiger partial charge < -0.3 is 19.2 Å². The van der Waals surface area contributed by atoms with E-state index in [4.69, 9.17) is 4.42 Å². The third-order valence-corrected chi connectivity index (χ3v) is 12.8. The summed E-state index contributed by atoms with van der Waals surface area (Å²) in [6.07, 6.45) is 2.22. The number of nitrogens with zero attached hydrogens (tertiary/aromatic N) is 2. The van der Waals surface area contributed by atoms with Gasteiger partial charge in [-0.25, -0.2) is 0 Å². The monoisotopic (exact) mass is 776 g/mol. The quantitative estimate of drug-likeness (QED) is 0.181. The molecule has 0 saturated heterocycles. The molecular formula is C55H47BN3O. The number of fused-ring (bicyclic) bond motifs is 9. The summed E-state index contributed by atoms with van der Waals surface area (Å²) in [5, 5.41) is 8.55. The first-order valence-corrected chi connectivity index (χ1v) is 21.0. The molecule has 2 aromatic heterocycles. The van der Waals surface area contributed by atoms with Crippen molar-refractivity contribution in [2.45, 2.75) is 52.4 Å². The van der Waals surface area contributed by atoms with Crippen molar-refractivity contribution in [3.05, 3.63) is 168 Å². The van der Waals surface area contributed by atoms with Crippen LogP contribution in [0.4, 0.5) is 17.1 Å². The lowest BCUT2D eigenvalue weighted by molar-refractivity contribution is 0.590. The minimum Gasteiger partial charge on any atom is -0.456 e. The number of benzene rings is 7. The van der Waals surface area contributed by atoms with Crippen LogP contribution in [0.5, 0.6) is 0 Å². The lowest BCUT2D eigenvalue weighted by Gasteiger charge is -2.33. The molecule has 0 saturated carbocycles. The lowest BCUT2D eigenvalue weighted by Crippen LogP contribution is -2.38. The van der Waals surface area contributed by atoms with E-state index in [0.29, 0.717) is 0 Å². The fraction of sp³-hybridized carbons (Fsp3) is 0.164. The molecule has 0 fully saturated rings. The maximum atomic E-state index is 6.56. The first-order chi connectivity index (χ1) is 28.8. The SMILES string of the molecule is C=C1C=C(c2ccccc2)N(C)c2cc3c(cc21)[B]c1c(-c2cc(C(C)(C)C)ccc2Nc2ccc(C(C)(C)C)cc2)ccc2c4cc5c(cc4n-3c12)oc1ccccc15. The highest BCUT2D eigenvalue weighted by atomic mass is 16.3. The number of rotatable bonds is 4. The molecule has 2 aliphatic rings. The molecule has 4 nitrogen and oxygen atoms in total. The van der Waals surface area contributed by atoms with E-state index in [-0.39, 0.29) is 10.8 Å². The smallest absolute Gasteiger partial charge is 0.197 e. The Morgan fingerprint density at radius 3 is 2.10 bits per heavy atom. The number of anilines is 3. The molecule has 7 aromatic carbocycles. The van der Waals surface area contributed by atoms with Gasteiger partial charge in [0.25, 0.3) is 0 Å². The Morgan fingerprint density at radius 1 is 0.600 bits per heavy atom. The van der Waals surface area contributed by atoms with Crippen LogP contribution in [0.25, 0.3) is 71.8 Å². The number of aromatic nitrogens is 1. The highest BCUT2D eigenvalue weighted by Gasteiger charge is 2.31. The average molecular weight is 777 g/mol. The normalized spacial score (nSPS) is 13.8. The van der Waals surface area contributed by atoms with Crippen LogP contribution in [0.3, 0.4) is 0 Å². The van der Waals surface area contributed by atoms with Crippen molar-refractivity contribution in [2.75, 3.05) is 17.3 Å². The number of allylic oxidation sites excluding steroid dienone is 2. The summed E-state index contributed by atoms with van der Waals surface area (Å²) in [6.45, 7) is 18.3. The van der Waals surface area contributed by atoms with Crippen LogP contribution in [0.2, 0.25) is 0 Å². The third kappa shape index (κ3) is 5.59. The van der Waals surface area contributed by atoms with E-state index in [1.807, 2.05) is 6.07 Å². The zero-order valence-corrected chi connectivity index (χ0v) is 35.4. The van der Waals surface area contributed by atoms with Crippen LogP contribution in [0.15, 0.2) is 151 Å². The Hall–Kier alpha value is -6.72. The van der Waals surface area contributed by atoms with E-state index in [9.17, 15) is 0 Å². The summed E-state index contributed by atoms with van der Waals surface area (Å²) >= 11 is 0. The molecule has 1 N–H and O–H groups in total. The molecule has 2 aliphatic heterocycles. The van der Waals surface area contributed by atoms with Gasteiger partial charge in [-0.1, -0.05) is 139 Å². The Kier molecular flexibility index (Phi) is 7.81. The Labute approximate surface area is 352 Å². The van der Waals surface area contributed by atoms with Crippen LogP contribution in [-0.4, -0.2) is 18.9 Å². The highest BCUT2D eigenvalue weighted by molar-refractivity contribution is 6.73. The molecule has 60 heavy (non-hydrogen) atoms. The first kappa shape index (κ1) is 36.4. The third-order valence-electron chi connectivity index (χ3n) is 12.8. The molecule has 291 valence electrons. The molecule has 11 rings (SSSR count). The molecule has 9 aromatic rings. The number of furan rings is 1. The van der Waals surface area contributed by atoms with Crippen molar-refractivity contribution < 1.29 is 4.42 Å². The van der Waals surface area contributed by atoms with E-state index < -0.39 is 0 Å². The van der Waals surface area contributed by atoms with E-state index >= 15 is 0 Å². The lowest BCUT2D eigenvalue weighted by atomic mass is 9.58. The molecule has 0 unspecified atom stereocenters. The number of hydrogen-bond donors (Lipinski definition) is 1. The number of hydrogen-bond acceptors (Lipinski definition) is 3. The van der Waals surface area contributed by atoms with Gasteiger partial charge in [0.15, 0.2) is 7.28 Å². The first-order valence-electron chi connectivity index (χ1n) is 21.0. The zero-order chi connectivity index (χ0) is 41.2. The van der Waals surface area contributed by atoms with Crippen molar-refractivity contribution in [1.29, 1.82) is 0 Å². The summed E-state index contributed by atoms with van der Waals surface area (Å²) in [5.74, 6) is 0. The Morgan fingerprint density at radius 2 is 1.33 bits per heavy atom. The summed E-state index contributed by atoms with van der Waals surface area (Å²) < 4.78 is 9.05. The largest absolute Gasteiger partial charge is 0.456 e. The fourth-order valence-electron chi connectivity index (χ4n) is 9.48. The van der Waals surface area contributed by atoms with Crippen molar-refractivity contribution in [2.24, 2.45) is 0 Å². The second-order valence-corrected chi connectivity index (χ2v) is 18.7. The van der Waals surface area contributed by atoms with Crippen molar-refractivity contribution >= 4 is 90.3 Å². The topological polar surface area (TPSA) is 33.3 Å². The van der Waals surface area contributed by atoms with E-state index in [1.54, 1.807) is 0 Å². The fourth-order valence-corrected chi connectivity index (χ4v) is 9.48. The second-order valence-electron chi connectivity index (χ2n) is 18.7. The van der Waals surface area contributed by atoms with Gasteiger partial charge in [-0.3, -0.25) is 0 Å². The van der Waals surface area contributed by atoms with Crippen LogP contribution in [0.1, 0.15) is 63.8 Å². The molecule has 0 spiro atoms. The zero-order valence-electron chi connectivity index (χ0n) is 35.4. The van der Waals surface area contributed by atoms with Crippen LogP contribution in [0, 0.1) is 0 Å². The molecular weight excluding hydrogens is 729 g/mol. The molecule has 5 heteroatoms. The van der Waals surface area contributed by atoms with Crippen molar-refractivity contribution in [3.8, 4) is 16.8 Å². The van der Waals surface area contributed by atoms with Gasteiger partial charge in [-0.05, 0) is 92.7 Å². The Bertz CT molecular complexity index is 3300. The van der Waals surface area contributed by atoms with E-state index in [0.717, 1.165) is 72.5 Å². The Balaban J connectivity index is 1.17. The van der Waals surface area contributed by atoms with E-state index in [1.165, 1.54) is 49.6 Å². The minimum absolute atomic E-state index is 0.0391. The summed E-state index contributed by atoms with van der Waals surface area (Å²) in [4.78, 5) is 2.32. The molecule has 0 bridgehead atoms. The van der Waals surface area contributed by atoms with Gasteiger partial charge >= 0.3 is 0 Å². The van der Waals surface area contributed by atoms with Gasteiger partial charge in [0.1, 0.15) is 11.2 Å². The predicted molar refractivity (Wildman–Crippen MR) is 257 cm³/mol. The number of para-hydroxylation sites is 1. The number of nitrogens with one attached hydrogen (secondary N) is 1. The summed E-state index contributed by atoms with van der Waals surface area (Å²) in [7, 11) is 4.59. The summed E-state index contributed by atoms with van der Waals surface area (Å²) in [6, 6.07) is 48.8. The van der Waals surface area contributed by atoms with Crippen molar-refractivity contribution in [3.63, 3.8) is 0 Å².